The summed E-state index contributed by atoms with van der Waals surface area (Å²) < 4.78 is 10.4. The van der Waals surface area contributed by atoms with Crippen LogP contribution in [0, 0.1) is 0 Å². The van der Waals surface area contributed by atoms with Crippen molar-refractivity contribution in [3.05, 3.63) is 18.3 Å². The number of carbonyl (C=O) groups is 1. The zero-order valence-corrected chi connectivity index (χ0v) is 12.4. The van der Waals surface area contributed by atoms with E-state index >= 15 is 0 Å². The van der Waals surface area contributed by atoms with Gasteiger partial charge in [0.15, 0.2) is 0 Å². The van der Waals surface area contributed by atoms with Crippen LogP contribution < -0.4 is 9.64 Å². The van der Waals surface area contributed by atoms with E-state index in [0.29, 0.717) is 5.88 Å². The molecule has 110 valence electrons. The van der Waals surface area contributed by atoms with Crippen molar-refractivity contribution in [1.82, 2.24) is 9.88 Å². The third-order valence-electron chi connectivity index (χ3n) is 3.78. The molecular formula is C14H21N3O3. The van der Waals surface area contributed by atoms with Gasteiger partial charge in [0.25, 0.3) is 0 Å². The fourth-order valence-corrected chi connectivity index (χ4v) is 2.45. The standard InChI is InChI=1S/C14H21N3O3/c1-16-9-11(19-3)7-12(16)14(18)17(2)10-5-6-13(20-4)15-8-10/h5-6,8,11-12H,7,9H2,1-4H3/t11-,12-/m0/s1. The summed E-state index contributed by atoms with van der Waals surface area (Å²) in [4.78, 5) is 20.3. The van der Waals surface area contributed by atoms with Crippen LogP contribution in [0.5, 0.6) is 5.88 Å². The molecule has 1 aliphatic rings. The predicted octanol–water partition coefficient (Wildman–Crippen LogP) is 0.772. The SMILES string of the molecule is COc1ccc(N(C)C(=O)[C@@H]2C[C@H](OC)CN2C)cn1. The Morgan fingerprint density at radius 3 is 2.70 bits per heavy atom. The predicted molar refractivity (Wildman–Crippen MR) is 76.0 cm³/mol. The van der Waals surface area contributed by atoms with E-state index in [1.807, 2.05) is 18.0 Å². The lowest BCUT2D eigenvalue weighted by atomic mass is 10.1. The number of carbonyl (C=O) groups excluding carboxylic acids is 1. The summed E-state index contributed by atoms with van der Waals surface area (Å²) in [5, 5.41) is 0. The molecule has 2 heterocycles. The first kappa shape index (κ1) is 14.7. The maximum Gasteiger partial charge on any atom is 0.244 e. The lowest BCUT2D eigenvalue weighted by Gasteiger charge is -2.24. The average Bonchev–Trinajstić information content (AvgIpc) is 2.87. The Bertz CT molecular complexity index is 463. The van der Waals surface area contributed by atoms with Gasteiger partial charge >= 0.3 is 0 Å². The second kappa shape index (κ2) is 6.19. The molecule has 20 heavy (non-hydrogen) atoms. The maximum atomic E-state index is 12.5. The Hall–Kier alpha value is -1.66. The number of rotatable bonds is 4. The number of ether oxygens (including phenoxy) is 2. The van der Waals surface area contributed by atoms with Gasteiger partial charge in [-0.25, -0.2) is 4.98 Å². The normalized spacial score (nSPS) is 22.8. The Labute approximate surface area is 119 Å². The molecule has 1 saturated heterocycles. The van der Waals surface area contributed by atoms with Gasteiger partial charge in [0, 0.05) is 26.8 Å². The van der Waals surface area contributed by atoms with Gasteiger partial charge in [-0.2, -0.15) is 0 Å². The summed E-state index contributed by atoms with van der Waals surface area (Å²) in [6, 6.07) is 3.43. The lowest BCUT2D eigenvalue weighted by Crippen LogP contribution is -2.42. The number of methoxy groups -OCH3 is 2. The van der Waals surface area contributed by atoms with Gasteiger partial charge < -0.3 is 14.4 Å². The van der Waals surface area contributed by atoms with Crippen LogP contribution in [0.1, 0.15) is 6.42 Å². The van der Waals surface area contributed by atoms with Crippen molar-refractivity contribution >= 4 is 11.6 Å². The Morgan fingerprint density at radius 2 is 2.20 bits per heavy atom. The molecule has 2 rings (SSSR count). The van der Waals surface area contributed by atoms with Crippen LogP contribution in [0.2, 0.25) is 0 Å². The zero-order valence-electron chi connectivity index (χ0n) is 12.4. The summed E-state index contributed by atoms with van der Waals surface area (Å²) in [7, 11) is 6.96. The van der Waals surface area contributed by atoms with Gasteiger partial charge in [-0.1, -0.05) is 0 Å². The van der Waals surface area contributed by atoms with Crippen LogP contribution in [0.25, 0.3) is 0 Å². The molecule has 0 bridgehead atoms. The van der Waals surface area contributed by atoms with Crippen molar-refractivity contribution in [2.45, 2.75) is 18.6 Å². The maximum absolute atomic E-state index is 12.5. The third kappa shape index (κ3) is 2.91. The molecule has 0 aliphatic carbocycles. The average molecular weight is 279 g/mol. The number of pyridine rings is 1. The van der Waals surface area contributed by atoms with Crippen molar-refractivity contribution in [1.29, 1.82) is 0 Å². The molecule has 0 N–H and O–H groups in total. The molecule has 1 amide bonds. The van der Waals surface area contributed by atoms with Crippen LogP contribution in [0.4, 0.5) is 5.69 Å². The van der Waals surface area contributed by atoms with Gasteiger partial charge in [-0.3, -0.25) is 9.69 Å². The first-order valence-electron chi connectivity index (χ1n) is 6.57. The van der Waals surface area contributed by atoms with E-state index in [2.05, 4.69) is 4.98 Å². The molecule has 0 radical (unpaired) electrons. The minimum Gasteiger partial charge on any atom is -0.481 e. The van der Waals surface area contributed by atoms with Crippen molar-refractivity contribution in [3.63, 3.8) is 0 Å². The largest absolute Gasteiger partial charge is 0.481 e. The van der Waals surface area contributed by atoms with Crippen LogP contribution in [0.15, 0.2) is 18.3 Å². The molecule has 1 aliphatic heterocycles. The number of nitrogens with zero attached hydrogens (tertiary/aromatic N) is 3. The Kier molecular flexibility index (Phi) is 4.57. The van der Waals surface area contributed by atoms with Crippen molar-refractivity contribution in [2.75, 3.05) is 39.8 Å². The van der Waals surface area contributed by atoms with Gasteiger partial charge in [0.2, 0.25) is 11.8 Å². The number of likely N-dealkylation sites (tertiary alicyclic amines) is 1. The van der Waals surface area contributed by atoms with Crippen LogP contribution in [-0.2, 0) is 9.53 Å². The van der Waals surface area contributed by atoms with E-state index in [-0.39, 0.29) is 18.1 Å². The fraction of sp³-hybridized carbons (Fsp3) is 0.571. The molecule has 1 aromatic rings. The van der Waals surface area contributed by atoms with Crippen molar-refractivity contribution in [2.24, 2.45) is 0 Å². The molecule has 0 saturated carbocycles. The molecule has 6 heteroatoms. The minimum atomic E-state index is -0.146. The van der Waals surface area contributed by atoms with Crippen molar-refractivity contribution in [3.8, 4) is 5.88 Å². The van der Waals surface area contributed by atoms with Crippen LogP contribution in [-0.4, -0.2) is 62.8 Å². The van der Waals surface area contributed by atoms with Crippen LogP contribution >= 0.6 is 0 Å². The highest BCUT2D eigenvalue weighted by Crippen LogP contribution is 2.22. The number of hydrogen-bond acceptors (Lipinski definition) is 5. The molecule has 6 nitrogen and oxygen atoms in total. The van der Waals surface area contributed by atoms with Gasteiger partial charge in [0.1, 0.15) is 0 Å². The summed E-state index contributed by atoms with van der Waals surface area (Å²) in [5.41, 5.74) is 0.755. The number of likely N-dealkylation sites (N-methyl/N-ethyl adjacent to an activating group) is 2. The molecule has 1 aromatic heterocycles. The fourth-order valence-electron chi connectivity index (χ4n) is 2.45. The summed E-state index contributed by atoms with van der Waals surface area (Å²) >= 11 is 0. The highest BCUT2D eigenvalue weighted by molar-refractivity contribution is 5.96. The minimum absolute atomic E-state index is 0.0546. The summed E-state index contributed by atoms with van der Waals surface area (Å²) in [6.07, 6.45) is 2.48. The molecule has 2 atom stereocenters. The monoisotopic (exact) mass is 279 g/mol. The third-order valence-corrected chi connectivity index (χ3v) is 3.78. The van der Waals surface area contributed by atoms with Gasteiger partial charge in [-0.05, 0) is 19.5 Å². The van der Waals surface area contributed by atoms with E-state index in [1.165, 1.54) is 0 Å². The first-order chi connectivity index (χ1) is 9.56. The Morgan fingerprint density at radius 1 is 1.45 bits per heavy atom. The van der Waals surface area contributed by atoms with E-state index in [1.54, 1.807) is 38.4 Å². The number of amides is 1. The molecule has 1 fully saturated rings. The number of anilines is 1. The summed E-state index contributed by atoms with van der Waals surface area (Å²) in [5.74, 6) is 0.589. The zero-order chi connectivity index (χ0) is 14.7. The first-order valence-corrected chi connectivity index (χ1v) is 6.57. The highest BCUT2D eigenvalue weighted by Gasteiger charge is 2.36. The van der Waals surface area contributed by atoms with Gasteiger partial charge in [-0.15, -0.1) is 0 Å². The highest BCUT2D eigenvalue weighted by atomic mass is 16.5. The topological polar surface area (TPSA) is 54.9 Å². The number of aromatic nitrogens is 1. The van der Waals surface area contributed by atoms with Gasteiger partial charge in [0.05, 0.1) is 31.1 Å². The van der Waals surface area contributed by atoms with Crippen LogP contribution in [0.3, 0.4) is 0 Å². The van der Waals surface area contributed by atoms with E-state index < -0.39 is 0 Å². The summed E-state index contributed by atoms with van der Waals surface area (Å²) in [6.45, 7) is 0.779. The second-order valence-corrected chi connectivity index (χ2v) is 5.00. The smallest absolute Gasteiger partial charge is 0.244 e. The number of hydrogen-bond donors (Lipinski definition) is 0. The quantitative estimate of drug-likeness (QED) is 0.815. The van der Waals surface area contributed by atoms with E-state index in [4.69, 9.17) is 9.47 Å². The lowest BCUT2D eigenvalue weighted by molar-refractivity contribution is -0.122. The van der Waals surface area contributed by atoms with E-state index in [0.717, 1.165) is 18.7 Å². The van der Waals surface area contributed by atoms with E-state index in [9.17, 15) is 4.79 Å². The Balaban J connectivity index is 2.08. The molecular weight excluding hydrogens is 258 g/mol. The molecule has 0 unspecified atom stereocenters. The van der Waals surface area contributed by atoms with Crippen molar-refractivity contribution < 1.29 is 14.3 Å². The molecule has 0 aromatic carbocycles. The molecule has 0 spiro atoms. The second-order valence-electron chi connectivity index (χ2n) is 5.00.